The predicted molar refractivity (Wildman–Crippen MR) is 113 cm³/mol. The summed E-state index contributed by atoms with van der Waals surface area (Å²) < 4.78 is 50.7. The summed E-state index contributed by atoms with van der Waals surface area (Å²) in [6, 6.07) is 7.53. The second kappa shape index (κ2) is 7.90. The number of carbonyl (C=O) groups is 3. The van der Waals surface area contributed by atoms with Gasteiger partial charge in [0.2, 0.25) is 0 Å². The third-order valence-corrected chi connectivity index (χ3v) is 6.45. The highest BCUT2D eigenvalue weighted by atomic mass is 19.4. The molecular weight excluding hydrogens is 469 g/mol. The van der Waals surface area contributed by atoms with E-state index < -0.39 is 53.5 Å². The minimum atomic E-state index is -4.84. The van der Waals surface area contributed by atoms with Crippen LogP contribution in [0.2, 0.25) is 0 Å². The summed E-state index contributed by atoms with van der Waals surface area (Å²) in [6.45, 7) is 0.129. The van der Waals surface area contributed by atoms with E-state index in [0.717, 1.165) is 12.1 Å². The van der Waals surface area contributed by atoms with Crippen LogP contribution < -0.4 is 14.4 Å². The summed E-state index contributed by atoms with van der Waals surface area (Å²) in [5.41, 5.74) is -2.14. The molecule has 35 heavy (non-hydrogen) atoms. The van der Waals surface area contributed by atoms with Crippen molar-refractivity contribution in [2.24, 2.45) is 0 Å². The highest BCUT2D eigenvalue weighted by Crippen LogP contribution is 2.43. The number of imide groups is 1. The number of amides is 4. The molecule has 9 nitrogen and oxygen atoms in total. The van der Waals surface area contributed by atoms with Gasteiger partial charge in [-0.25, -0.2) is 14.5 Å². The molecule has 0 spiro atoms. The lowest BCUT2D eigenvalue weighted by Crippen LogP contribution is -2.55. The van der Waals surface area contributed by atoms with Crippen LogP contribution in [0.5, 0.6) is 11.5 Å². The molecule has 180 valence electrons. The molecule has 3 unspecified atom stereocenters. The van der Waals surface area contributed by atoms with Crippen molar-refractivity contribution in [1.82, 2.24) is 9.80 Å². The summed E-state index contributed by atoms with van der Waals surface area (Å²) in [5, 5.41) is 9.00. The zero-order valence-corrected chi connectivity index (χ0v) is 18.2. The normalized spacial score (nSPS) is 22.9. The van der Waals surface area contributed by atoms with E-state index in [1.807, 2.05) is 0 Å². The second-order valence-electron chi connectivity index (χ2n) is 8.30. The molecule has 4 amide bonds. The number of halogens is 3. The molecule has 0 aromatic heterocycles. The number of benzene rings is 2. The van der Waals surface area contributed by atoms with Gasteiger partial charge < -0.3 is 19.3 Å². The molecule has 0 radical (unpaired) electrons. The van der Waals surface area contributed by atoms with Gasteiger partial charge >= 0.3 is 18.3 Å². The summed E-state index contributed by atoms with van der Waals surface area (Å²) in [6.07, 6.45) is -5.18. The molecule has 0 aliphatic carbocycles. The van der Waals surface area contributed by atoms with Crippen molar-refractivity contribution >= 4 is 23.7 Å². The van der Waals surface area contributed by atoms with Crippen molar-refractivity contribution < 1.29 is 37.0 Å². The van der Waals surface area contributed by atoms with Crippen molar-refractivity contribution in [3.8, 4) is 17.6 Å². The fourth-order valence-electron chi connectivity index (χ4n) is 4.91. The average Bonchev–Trinajstić information content (AvgIpc) is 3.50. The first-order chi connectivity index (χ1) is 16.6. The lowest BCUT2D eigenvalue weighted by molar-refractivity contribution is -0.137. The number of urea groups is 1. The van der Waals surface area contributed by atoms with Crippen LogP contribution in [-0.2, 0) is 11.0 Å². The summed E-state index contributed by atoms with van der Waals surface area (Å²) in [4.78, 5) is 42.5. The third-order valence-electron chi connectivity index (χ3n) is 6.45. The number of likely N-dealkylation sites (tertiary alicyclic amines) is 1. The average molecular weight is 486 g/mol. The molecule has 2 bridgehead atoms. The number of nitrogens with zero attached hydrogens (tertiary/aromatic N) is 4. The number of piperazine rings is 1. The molecule has 3 fully saturated rings. The standard InChI is InChI=1S/C23H17F3N4O5/c1-34-15-4-6-16(7-5-15)35-22(33)28-11-14-9-18(28)19-20(31)30(21(32)29(14)19)13-3-2-12(10-27)17(8-13)23(24,25)26/h2-8,14,18-19H,9,11H2,1H3. The maximum Gasteiger partial charge on any atom is 0.417 e. The maximum absolute atomic E-state index is 13.4. The Labute approximate surface area is 196 Å². The van der Waals surface area contributed by atoms with Gasteiger partial charge in [-0.1, -0.05) is 0 Å². The number of ether oxygens (including phenoxy) is 2. The van der Waals surface area contributed by atoms with E-state index in [1.165, 1.54) is 23.0 Å². The molecule has 5 rings (SSSR count). The lowest BCUT2D eigenvalue weighted by atomic mass is 10.1. The maximum atomic E-state index is 13.4. The van der Waals surface area contributed by atoms with Gasteiger partial charge in [-0.2, -0.15) is 18.4 Å². The Hall–Kier alpha value is -4.27. The van der Waals surface area contributed by atoms with Crippen molar-refractivity contribution in [1.29, 1.82) is 5.26 Å². The van der Waals surface area contributed by atoms with Crippen LogP contribution >= 0.6 is 0 Å². The van der Waals surface area contributed by atoms with E-state index in [0.29, 0.717) is 23.1 Å². The smallest absolute Gasteiger partial charge is 0.417 e. The molecule has 2 aromatic carbocycles. The number of hydrogen-bond acceptors (Lipinski definition) is 6. The van der Waals surface area contributed by atoms with E-state index in [4.69, 9.17) is 14.7 Å². The van der Waals surface area contributed by atoms with E-state index in [1.54, 1.807) is 24.3 Å². The fraction of sp³-hybridized carbons (Fsp3) is 0.304. The number of rotatable bonds is 3. The molecule has 2 aromatic rings. The van der Waals surface area contributed by atoms with Gasteiger partial charge in [0, 0.05) is 6.54 Å². The molecule has 3 heterocycles. The SMILES string of the molecule is COc1ccc(OC(=O)N2CC3CC2C2C(=O)N(c4ccc(C#N)c(C(F)(F)F)c4)C(=O)N32)cc1. The second-order valence-corrected chi connectivity index (χ2v) is 8.30. The molecular formula is C23H17F3N4O5. The quantitative estimate of drug-likeness (QED) is 0.617. The Kier molecular flexibility index (Phi) is 5.08. The zero-order chi connectivity index (χ0) is 25.1. The van der Waals surface area contributed by atoms with E-state index in [2.05, 4.69) is 0 Å². The Balaban J connectivity index is 1.38. The van der Waals surface area contributed by atoms with Crippen molar-refractivity contribution in [2.75, 3.05) is 18.6 Å². The predicted octanol–water partition coefficient (Wildman–Crippen LogP) is 3.38. The summed E-state index contributed by atoms with van der Waals surface area (Å²) in [7, 11) is 1.50. The molecule has 3 saturated heterocycles. The number of carbonyl (C=O) groups excluding carboxylic acids is 3. The number of hydrogen-bond donors (Lipinski definition) is 0. The zero-order valence-electron chi connectivity index (χ0n) is 18.2. The minimum absolute atomic E-state index is 0.129. The Morgan fingerprint density at radius 2 is 1.80 bits per heavy atom. The summed E-state index contributed by atoms with van der Waals surface area (Å²) in [5.74, 6) is 0.109. The molecule has 0 N–H and O–H groups in total. The molecule has 3 atom stereocenters. The van der Waals surface area contributed by atoms with Gasteiger partial charge in [0.25, 0.3) is 5.91 Å². The van der Waals surface area contributed by atoms with Crippen molar-refractivity contribution in [3.05, 3.63) is 53.6 Å². The number of alkyl halides is 3. The molecule has 3 aliphatic rings. The highest BCUT2D eigenvalue weighted by Gasteiger charge is 2.63. The third kappa shape index (κ3) is 3.51. The van der Waals surface area contributed by atoms with E-state index in [9.17, 15) is 27.6 Å². The Morgan fingerprint density at radius 3 is 2.43 bits per heavy atom. The Bertz CT molecular complexity index is 1270. The highest BCUT2D eigenvalue weighted by molar-refractivity contribution is 6.22. The van der Waals surface area contributed by atoms with Crippen LogP contribution in [-0.4, -0.2) is 59.6 Å². The van der Waals surface area contributed by atoms with Crippen molar-refractivity contribution in [3.63, 3.8) is 0 Å². The van der Waals surface area contributed by atoms with Gasteiger partial charge in [0.1, 0.15) is 17.5 Å². The molecule has 3 aliphatic heterocycles. The first-order valence-electron chi connectivity index (χ1n) is 10.5. The van der Waals surface area contributed by atoms with Crippen LogP contribution in [0.15, 0.2) is 42.5 Å². The Morgan fingerprint density at radius 1 is 1.11 bits per heavy atom. The van der Waals surface area contributed by atoms with Crippen LogP contribution in [0, 0.1) is 11.3 Å². The number of fused-ring (bicyclic) bond motifs is 5. The van der Waals surface area contributed by atoms with Crippen LogP contribution in [0.3, 0.4) is 0 Å². The van der Waals surface area contributed by atoms with E-state index in [-0.39, 0.29) is 18.0 Å². The number of nitriles is 1. The van der Waals surface area contributed by atoms with Gasteiger partial charge in [-0.15, -0.1) is 0 Å². The topological polar surface area (TPSA) is 103 Å². The molecule has 0 saturated carbocycles. The van der Waals surface area contributed by atoms with Gasteiger partial charge in [0.05, 0.1) is 42.1 Å². The van der Waals surface area contributed by atoms with Crippen LogP contribution in [0.4, 0.5) is 28.4 Å². The van der Waals surface area contributed by atoms with Gasteiger partial charge in [-0.05, 0) is 48.9 Å². The van der Waals surface area contributed by atoms with Crippen LogP contribution in [0.1, 0.15) is 17.5 Å². The van der Waals surface area contributed by atoms with Gasteiger partial charge in [-0.3, -0.25) is 4.79 Å². The molecule has 12 heteroatoms. The minimum Gasteiger partial charge on any atom is -0.497 e. The lowest BCUT2D eigenvalue weighted by Gasteiger charge is -2.34. The van der Waals surface area contributed by atoms with Crippen LogP contribution in [0.25, 0.3) is 0 Å². The first-order valence-corrected chi connectivity index (χ1v) is 10.5. The largest absolute Gasteiger partial charge is 0.497 e. The van der Waals surface area contributed by atoms with E-state index >= 15 is 0 Å². The number of methoxy groups -OCH3 is 1. The number of anilines is 1. The van der Waals surface area contributed by atoms with Crippen molar-refractivity contribution in [2.45, 2.75) is 30.7 Å². The first kappa shape index (κ1) is 22.5. The monoisotopic (exact) mass is 486 g/mol. The fourth-order valence-corrected chi connectivity index (χ4v) is 4.91. The summed E-state index contributed by atoms with van der Waals surface area (Å²) >= 11 is 0. The van der Waals surface area contributed by atoms with Gasteiger partial charge in [0.15, 0.2) is 0 Å².